The van der Waals surface area contributed by atoms with Crippen molar-refractivity contribution >= 4 is 28.3 Å². The summed E-state index contributed by atoms with van der Waals surface area (Å²) in [7, 11) is 0. The molecule has 0 unspecified atom stereocenters. The standard InChI is InChI=1S/C23H23N3O3/c1-23(2)28-19-10-9-16(14-20(19)29-23)24-22(27)17-13-15-7-3-4-8-18(15)25-21(17)26-11-5-6-12-26/h3-4,7-10,13-14H,5-6,11-12H2,1-2H3,(H,24,27). The molecule has 0 aliphatic carbocycles. The van der Waals surface area contributed by atoms with Crippen LogP contribution in [0, 0.1) is 0 Å². The number of para-hydroxylation sites is 1. The normalized spacial score (nSPS) is 17.0. The summed E-state index contributed by atoms with van der Waals surface area (Å²) in [5.41, 5.74) is 2.15. The molecular weight excluding hydrogens is 366 g/mol. The summed E-state index contributed by atoms with van der Waals surface area (Å²) in [4.78, 5) is 20.2. The number of rotatable bonds is 3. The highest BCUT2D eigenvalue weighted by molar-refractivity contribution is 6.09. The van der Waals surface area contributed by atoms with E-state index >= 15 is 0 Å². The molecule has 1 aromatic heterocycles. The Labute approximate surface area is 169 Å². The van der Waals surface area contributed by atoms with Gasteiger partial charge in [-0.1, -0.05) is 18.2 Å². The van der Waals surface area contributed by atoms with E-state index in [1.54, 1.807) is 6.07 Å². The predicted molar refractivity (Wildman–Crippen MR) is 113 cm³/mol. The van der Waals surface area contributed by atoms with E-state index in [1.165, 1.54) is 0 Å². The minimum absolute atomic E-state index is 0.178. The first-order chi connectivity index (χ1) is 14.0. The van der Waals surface area contributed by atoms with Crippen LogP contribution in [0.3, 0.4) is 0 Å². The van der Waals surface area contributed by atoms with Crippen LogP contribution in [0.5, 0.6) is 11.5 Å². The van der Waals surface area contributed by atoms with Crippen LogP contribution in [0.4, 0.5) is 11.5 Å². The van der Waals surface area contributed by atoms with Gasteiger partial charge in [-0.15, -0.1) is 0 Å². The number of ether oxygens (including phenoxy) is 2. The number of aromatic nitrogens is 1. The van der Waals surface area contributed by atoms with E-state index in [2.05, 4.69) is 10.2 Å². The smallest absolute Gasteiger partial charge is 0.259 e. The maximum atomic E-state index is 13.2. The number of carbonyl (C=O) groups is 1. The van der Waals surface area contributed by atoms with Crippen molar-refractivity contribution in [1.82, 2.24) is 4.98 Å². The molecule has 0 bridgehead atoms. The molecule has 6 nitrogen and oxygen atoms in total. The molecule has 5 rings (SSSR count). The Hall–Kier alpha value is -3.28. The third kappa shape index (κ3) is 3.35. The van der Waals surface area contributed by atoms with Crippen molar-refractivity contribution in [2.75, 3.05) is 23.3 Å². The summed E-state index contributed by atoms with van der Waals surface area (Å²) < 4.78 is 11.5. The van der Waals surface area contributed by atoms with Gasteiger partial charge in [0.25, 0.3) is 5.91 Å². The Balaban J connectivity index is 1.49. The lowest BCUT2D eigenvalue weighted by Crippen LogP contribution is -2.29. The number of fused-ring (bicyclic) bond motifs is 2. The molecule has 2 aromatic carbocycles. The lowest BCUT2D eigenvalue weighted by molar-refractivity contribution is -0.0431. The third-order valence-corrected chi connectivity index (χ3v) is 5.27. The van der Waals surface area contributed by atoms with Crippen molar-refractivity contribution in [2.45, 2.75) is 32.5 Å². The second-order valence-corrected chi connectivity index (χ2v) is 7.97. The van der Waals surface area contributed by atoms with Gasteiger partial charge < -0.3 is 19.7 Å². The molecule has 0 radical (unpaired) electrons. The number of anilines is 2. The SMILES string of the molecule is CC1(C)Oc2ccc(NC(=O)c3cc4ccccc4nc3N3CCCC3)cc2O1. The quantitative estimate of drug-likeness (QED) is 0.710. The molecule has 3 aromatic rings. The van der Waals surface area contributed by atoms with Gasteiger partial charge in [0.05, 0.1) is 11.1 Å². The van der Waals surface area contributed by atoms with Gasteiger partial charge in [-0.25, -0.2) is 4.98 Å². The van der Waals surface area contributed by atoms with Crippen LogP contribution in [-0.2, 0) is 0 Å². The Morgan fingerprint density at radius 1 is 1.03 bits per heavy atom. The van der Waals surface area contributed by atoms with Crippen LogP contribution in [0.25, 0.3) is 10.9 Å². The van der Waals surface area contributed by atoms with Crippen molar-refractivity contribution in [2.24, 2.45) is 0 Å². The molecule has 148 valence electrons. The van der Waals surface area contributed by atoms with Crippen LogP contribution in [0.2, 0.25) is 0 Å². The minimum atomic E-state index is -0.698. The highest BCUT2D eigenvalue weighted by Gasteiger charge is 2.32. The number of nitrogens with one attached hydrogen (secondary N) is 1. The van der Waals surface area contributed by atoms with E-state index in [9.17, 15) is 4.79 Å². The van der Waals surface area contributed by atoms with Gasteiger partial charge in [0.15, 0.2) is 11.5 Å². The number of pyridine rings is 1. The summed E-state index contributed by atoms with van der Waals surface area (Å²) in [5, 5.41) is 3.95. The number of benzene rings is 2. The fraction of sp³-hybridized carbons (Fsp3) is 0.304. The first kappa shape index (κ1) is 17.8. The molecular formula is C23H23N3O3. The van der Waals surface area contributed by atoms with E-state index in [1.807, 2.05) is 56.3 Å². The van der Waals surface area contributed by atoms with Gasteiger partial charge in [0, 0.05) is 44.1 Å². The molecule has 0 spiro atoms. The Morgan fingerprint density at radius 2 is 1.79 bits per heavy atom. The van der Waals surface area contributed by atoms with Gasteiger partial charge >= 0.3 is 0 Å². The van der Waals surface area contributed by atoms with E-state index in [4.69, 9.17) is 14.5 Å². The molecule has 1 amide bonds. The summed E-state index contributed by atoms with van der Waals surface area (Å²) in [6.45, 7) is 5.55. The molecule has 3 heterocycles. The summed E-state index contributed by atoms with van der Waals surface area (Å²) in [6.07, 6.45) is 2.24. The lowest BCUT2D eigenvalue weighted by Gasteiger charge is -2.20. The van der Waals surface area contributed by atoms with Crippen molar-refractivity contribution in [3.63, 3.8) is 0 Å². The van der Waals surface area contributed by atoms with Gasteiger partial charge in [0.1, 0.15) is 5.82 Å². The molecule has 1 saturated heterocycles. The molecule has 1 N–H and O–H groups in total. The highest BCUT2D eigenvalue weighted by Crippen LogP contribution is 2.40. The fourth-order valence-electron chi connectivity index (χ4n) is 3.94. The lowest BCUT2D eigenvalue weighted by atomic mass is 10.1. The molecule has 29 heavy (non-hydrogen) atoms. The second kappa shape index (κ2) is 6.65. The number of amides is 1. The zero-order chi connectivity index (χ0) is 20.0. The first-order valence-electron chi connectivity index (χ1n) is 9.97. The van der Waals surface area contributed by atoms with Gasteiger partial charge in [0.2, 0.25) is 5.79 Å². The average Bonchev–Trinajstić information content (AvgIpc) is 3.33. The molecule has 6 heteroatoms. The molecule has 1 fully saturated rings. The van der Waals surface area contributed by atoms with Crippen LogP contribution < -0.4 is 19.7 Å². The maximum Gasteiger partial charge on any atom is 0.259 e. The number of nitrogens with zero attached hydrogens (tertiary/aromatic N) is 2. The zero-order valence-electron chi connectivity index (χ0n) is 16.6. The fourth-order valence-corrected chi connectivity index (χ4v) is 3.94. The van der Waals surface area contributed by atoms with Crippen molar-refractivity contribution in [3.8, 4) is 11.5 Å². The largest absolute Gasteiger partial charge is 0.449 e. The van der Waals surface area contributed by atoms with Crippen molar-refractivity contribution in [3.05, 3.63) is 54.1 Å². The van der Waals surface area contributed by atoms with E-state index in [0.717, 1.165) is 42.7 Å². The van der Waals surface area contributed by atoms with Gasteiger partial charge in [-0.2, -0.15) is 0 Å². The summed E-state index contributed by atoms with van der Waals surface area (Å²) in [5.74, 6) is 1.18. The molecule has 2 aliphatic rings. The summed E-state index contributed by atoms with van der Waals surface area (Å²) >= 11 is 0. The Morgan fingerprint density at radius 3 is 2.62 bits per heavy atom. The number of hydrogen-bond donors (Lipinski definition) is 1. The van der Waals surface area contributed by atoms with Crippen LogP contribution in [0.1, 0.15) is 37.0 Å². The van der Waals surface area contributed by atoms with Crippen LogP contribution >= 0.6 is 0 Å². The second-order valence-electron chi connectivity index (χ2n) is 7.97. The monoisotopic (exact) mass is 389 g/mol. The van der Waals surface area contributed by atoms with E-state index in [-0.39, 0.29) is 5.91 Å². The topological polar surface area (TPSA) is 63.7 Å². The van der Waals surface area contributed by atoms with Crippen molar-refractivity contribution < 1.29 is 14.3 Å². The van der Waals surface area contributed by atoms with E-state index < -0.39 is 5.79 Å². The van der Waals surface area contributed by atoms with Crippen molar-refractivity contribution in [1.29, 1.82) is 0 Å². The molecule has 0 saturated carbocycles. The average molecular weight is 389 g/mol. The maximum absolute atomic E-state index is 13.2. The Kier molecular flexibility index (Phi) is 4.08. The molecule has 0 atom stereocenters. The minimum Gasteiger partial charge on any atom is -0.449 e. The molecule has 2 aliphatic heterocycles. The van der Waals surface area contributed by atoms with E-state index in [0.29, 0.717) is 22.7 Å². The van der Waals surface area contributed by atoms with Gasteiger partial charge in [-0.05, 0) is 37.1 Å². The zero-order valence-corrected chi connectivity index (χ0v) is 16.6. The van der Waals surface area contributed by atoms with Crippen LogP contribution in [0.15, 0.2) is 48.5 Å². The summed E-state index contributed by atoms with van der Waals surface area (Å²) in [6, 6.07) is 15.3. The van der Waals surface area contributed by atoms with Crippen LogP contribution in [-0.4, -0.2) is 29.8 Å². The van der Waals surface area contributed by atoms with Gasteiger partial charge in [-0.3, -0.25) is 4.79 Å². The number of carbonyl (C=O) groups excluding carboxylic acids is 1. The third-order valence-electron chi connectivity index (χ3n) is 5.27. The first-order valence-corrected chi connectivity index (χ1v) is 9.97. The highest BCUT2D eigenvalue weighted by atomic mass is 16.7. The predicted octanol–water partition coefficient (Wildman–Crippen LogP) is 4.59. The number of hydrogen-bond acceptors (Lipinski definition) is 5. The Bertz CT molecular complexity index is 1100.